The zero-order valence-corrected chi connectivity index (χ0v) is 16.5. The number of carbonyl (C=O) groups excluding carboxylic acids is 1. The first-order chi connectivity index (χ1) is 14.5. The molecule has 1 atom stereocenters. The molecule has 0 saturated heterocycles. The largest absolute Gasteiger partial charge is 0.338 e. The lowest BCUT2D eigenvalue weighted by Crippen LogP contribution is -2.26. The first-order valence-corrected chi connectivity index (χ1v) is 10.0. The van der Waals surface area contributed by atoms with E-state index >= 15 is 0 Å². The number of fused-ring (bicyclic) bond motifs is 2. The van der Waals surface area contributed by atoms with Crippen LogP contribution in [0.4, 0.5) is 33.2 Å². The van der Waals surface area contributed by atoms with Crippen LogP contribution >= 0.6 is 11.8 Å². The van der Waals surface area contributed by atoms with E-state index in [4.69, 9.17) is 0 Å². The van der Waals surface area contributed by atoms with Crippen molar-refractivity contribution in [2.45, 2.75) is 17.1 Å². The lowest BCUT2D eigenvalue weighted by atomic mass is 10.2. The third-order valence-electron chi connectivity index (χ3n) is 4.61. The van der Waals surface area contributed by atoms with Crippen LogP contribution in [0.2, 0.25) is 0 Å². The van der Waals surface area contributed by atoms with Gasteiger partial charge in [-0.25, -0.2) is 9.37 Å². The molecular formula is C20H16FN7OS. The highest BCUT2D eigenvalue weighted by molar-refractivity contribution is 8.00. The third kappa shape index (κ3) is 3.52. The number of carbonyl (C=O) groups is 1. The quantitative estimate of drug-likeness (QED) is 0.386. The maximum atomic E-state index is 14.3. The van der Waals surface area contributed by atoms with Crippen LogP contribution in [0.25, 0.3) is 10.9 Å². The van der Waals surface area contributed by atoms with Crippen molar-refractivity contribution in [2.24, 2.45) is 0 Å². The van der Waals surface area contributed by atoms with Crippen molar-refractivity contribution in [1.82, 2.24) is 20.2 Å². The number of rotatable bonds is 4. The van der Waals surface area contributed by atoms with E-state index in [0.29, 0.717) is 11.4 Å². The van der Waals surface area contributed by atoms with E-state index in [-0.39, 0.29) is 22.9 Å². The lowest BCUT2D eigenvalue weighted by molar-refractivity contribution is -0.115. The average Bonchev–Trinajstić information content (AvgIpc) is 3.19. The third-order valence-corrected chi connectivity index (χ3v) is 5.79. The van der Waals surface area contributed by atoms with Crippen LogP contribution in [0.3, 0.4) is 0 Å². The van der Waals surface area contributed by atoms with Gasteiger partial charge in [0.05, 0.1) is 28.8 Å². The average molecular weight is 421 g/mol. The van der Waals surface area contributed by atoms with E-state index in [0.717, 1.165) is 27.7 Å². The fraction of sp³-hybridized carbons (Fsp3) is 0.100. The second-order valence-corrected chi connectivity index (χ2v) is 8.16. The van der Waals surface area contributed by atoms with Crippen LogP contribution in [-0.2, 0) is 4.79 Å². The van der Waals surface area contributed by atoms with Crippen LogP contribution in [-0.4, -0.2) is 31.3 Å². The zero-order chi connectivity index (χ0) is 20.7. The summed E-state index contributed by atoms with van der Waals surface area (Å²) in [6.07, 6.45) is 2.82. The fourth-order valence-electron chi connectivity index (χ4n) is 3.09. The molecule has 1 unspecified atom stereocenters. The van der Waals surface area contributed by atoms with Crippen molar-refractivity contribution in [2.75, 3.05) is 16.0 Å². The van der Waals surface area contributed by atoms with Gasteiger partial charge in [0.25, 0.3) is 0 Å². The van der Waals surface area contributed by atoms with Crippen LogP contribution in [0.5, 0.6) is 0 Å². The van der Waals surface area contributed by atoms with Gasteiger partial charge < -0.3 is 16.0 Å². The Kier molecular flexibility index (Phi) is 4.47. The van der Waals surface area contributed by atoms with Gasteiger partial charge in [0, 0.05) is 21.7 Å². The number of nitrogens with one attached hydrogen (secondary N) is 4. The number of amides is 1. The van der Waals surface area contributed by atoms with Crippen molar-refractivity contribution in [1.29, 1.82) is 0 Å². The summed E-state index contributed by atoms with van der Waals surface area (Å²) in [7, 11) is 0. The number of aromatic nitrogens is 4. The minimum atomic E-state index is -0.587. The molecule has 1 amide bonds. The van der Waals surface area contributed by atoms with Gasteiger partial charge in [0.2, 0.25) is 11.9 Å². The molecule has 0 bridgehead atoms. The Hall–Kier alpha value is -3.66. The molecule has 5 rings (SSSR count). The summed E-state index contributed by atoms with van der Waals surface area (Å²) in [5.41, 5.74) is 2.96. The molecule has 0 saturated carbocycles. The number of hydrogen-bond acceptors (Lipinski definition) is 7. The number of halogens is 1. The van der Waals surface area contributed by atoms with Crippen LogP contribution < -0.4 is 16.0 Å². The van der Waals surface area contributed by atoms with Crippen molar-refractivity contribution in [3.63, 3.8) is 0 Å². The van der Waals surface area contributed by atoms with Gasteiger partial charge in [0.15, 0.2) is 11.6 Å². The standard InChI is InChI=1S/C20H16FN7OS/c1-10-19(29)26-16-7-13(3-5-17(16)30-10)24-18-14(21)9-22-20(27-18)25-12-2-4-15-11(6-12)8-23-28-15/h2-10H,1H3,(H,23,28)(H,26,29)(H2,22,24,25,27). The number of anilines is 5. The Balaban J connectivity index is 1.38. The van der Waals surface area contributed by atoms with Gasteiger partial charge in [-0.15, -0.1) is 11.8 Å². The van der Waals surface area contributed by atoms with Gasteiger partial charge in [0.1, 0.15) is 0 Å². The molecular weight excluding hydrogens is 405 g/mol. The van der Waals surface area contributed by atoms with Gasteiger partial charge in [-0.05, 0) is 43.3 Å². The van der Waals surface area contributed by atoms with E-state index in [2.05, 4.69) is 36.1 Å². The zero-order valence-electron chi connectivity index (χ0n) is 15.7. The molecule has 2 aromatic heterocycles. The predicted octanol–water partition coefficient (Wildman–Crippen LogP) is 4.41. The van der Waals surface area contributed by atoms with E-state index in [9.17, 15) is 9.18 Å². The lowest BCUT2D eigenvalue weighted by Gasteiger charge is -2.22. The molecule has 0 radical (unpaired) electrons. The van der Waals surface area contributed by atoms with E-state index in [1.165, 1.54) is 11.8 Å². The number of aromatic amines is 1. The van der Waals surface area contributed by atoms with Gasteiger partial charge in [-0.1, -0.05) is 0 Å². The Labute approximate surface area is 174 Å². The molecule has 150 valence electrons. The van der Waals surface area contributed by atoms with Gasteiger partial charge in [-0.3, -0.25) is 9.89 Å². The first kappa shape index (κ1) is 18.4. The summed E-state index contributed by atoms with van der Waals surface area (Å²) >= 11 is 1.49. The number of H-pyrrole nitrogens is 1. The molecule has 4 N–H and O–H groups in total. The molecule has 2 aromatic carbocycles. The summed E-state index contributed by atoms with van der Waals surface area (Å²) in [6.45, 7) is 1.85. The maximum Gasteiger partial charge on any atom is 0.237 e. The maximum absolute atomic E-state index is 14.3. The number of nitrogens with zero attached hydrogens (tertiary/aromatic N) is 3. The summed E-state index contributed by atoms with van der Waals surface area (Å²) in [6, 6.07) is 11.1. The predicted molar refractivity (Wildman–Crippen MR) is 115 cm³/mol. The van der Waals surface area contributed by atoms with Gasteiger partial charge >= 0.3 is 0 Å². The molecule has 10 heteroatoms. The highest BCUT2D eigenvalue weighted by Gasteiger charge is 2.23. The smallest absolute Gasteiger partial charge is 0.237 e. The topological polar surface area (TPSA) is 108 Å². The molecule has 3 heterocycles. The highest BCUT2D eigenvalue weighted by atomic mass is 32.2. The van der Waals surface area contributed by atoms with E-state index in [1.807, 2.05) is 37.3 Å². The molecule has 1 aliphatic heterocycles. The molecule has 0 aliphatic carbocycles. The number of thioether (sulfide) groups is 1. The Morgan fingerprint density at radius 1 is 1.10 bits per heavy atom. The first-order valence-electron chi connectivity index (χ1n) is 9.16. The van der Waals surface area contributed by atoms with Crippen LogP contribution in [0, 0.1) is 5.82 Å². The Bertz CT molecular complexity index is 1280. The Morgan fingerprint density at radius 3 is 2.83 bits per heavy atom. The van der Waals surface area contributed by atoms with Crippen molar-refractivity contribution in [3.8, 4) is 0 Å². The normalized spacial score (nSPS) is 15.5. The highest BCUT2D eigenvalue weighted by Crippen LogP contribution is 2.37. The second-order valence-electron chi connectivity index (χ2n) is 6.77. The molecule has 0 spiro atoms. The molecule has 8 nitrogen and oxygen atoms in total. The van der Waals surface area contributed by atoms with Gasteiger partial charge in [-0.2, -0.15) is 10.1 Å². The van der Waals surface area contributed by atoms with Crippen LogP contribution in [0.15, 0.2) is 53.7 Å². The summed E-state index contributed by atoms with van der Waals surface area (Å²) in [5.74, 6) is -0.369. The Morgan fingerprint density at radius 2 is 1.93 bits per heavy atom. The van der Waals surface area contributed by atoms with Crippen molar-refractivity contribution in [3.05, 3.63) is 54.6 Å². The van der Waals surface area contributed by atoms with Crippen molar-refractivity contribution < 1.29 is 9.18 Å². The number of benzene rings is 2. The molecule has 4 aromatic rings. The second kappa shape index (κ2) is 7.30. The minimum Gasteiger partial charge on any atom is -0.338 e. The number of hydrogen-bond donors (Lipinski definition) is 4. The van der Waals surface area contributed by atoms with Crippen molar-refractivity contribution >= 4 is 57.4 Å². The monoisotopic (exact) mass is 421 g/mol. The molecule has 30 heavy (non-hydrogen) atoms. The summed E-state index contributed by atoms with van der Waals surface area (Å²) in [5, 5.41) is 16.5. The molecule has 1 aliphatic rings. The van der Waals surface area contributed by atoms with E-state index < -0.39 is 5.82 Å². The SMILES string of the molecule is CC1Sc2ccc(Nc3nc(Nc4ccc5[nH]ncc5c4)ncc3F)cc2NC1=O. The molecule has 0 fully saturated rings. The summed E-state index contributed by atoms with van der Waals surface area (Å²) < 4.78 is 14.3. The van der Waals surface area contributed by atoms with Crippen LogP contribution in [0.1, 0.15) is 6.92 Å². The minimum absolute atomic E-state index is 0.0278. The fourth-order valence-corrected chi connectivity index (χ4v) is 4.02. The van der Waals surface area contributed by atoms with E-state index in [1.54, 1.807) is 12.3 Å². The summed E-state index contributed by atoms with van der Waals surface area (Å²) in [4.78, 5) is 21.1.